The molecule has 2 aromatic rings. The van der Waals surface area contributed by atoms with E-state index in [9.17, 15) is 14.4 Å². The number of aryl methyl sites for hydroxylation is 1. The van der Waals surface area contributed by atoms with Crippen LogP contribution in [-0.2, 0) is 9.59 Å². The number of carbonyl (C=O) groups excluding carboxylic acids is 3. The van der Waals surface area contributed by atoms with Gasteiger partial charge in [0.1, 0.15) is 0 Å². The average molecular weight is 389 g/mol. The van der Waals surface area contributed by atoms with Crippen LogP contribution in [0.15, 0.2) is 55.1 Å². The molecule has 0 spiro atoms. The molecule has 1 atom stereocenters. The van der Waals surface area contributed by atoms with Gasteiger partial charge in [-0.1, -0.05) is 30.3 Å². The Morgan fingerprint density at radius 1 is 1.17 bits per heavy atom. The minimum atomic E-state index is -1.41. The third-order valence-corrected chi connectivity index (χ3v) is 5.90. The van der Waals surface area contributed by atoms with Crippen molar-refractivity contribution in [2.75, 3.05) is 16.8 Å². The first-order valence-electron chi connectivity index (χ1n) is 9.64. The first-order chi connectivity index (χ1) is 13.9. The van der Waals surface area contributed by atoms with Crippen LogP contribution in [0, 0.1) is 13.8 Å². The normalized spacial score (nSPS) is 20.3. The minimum absolute atomic E-state index is 0.164. The van der Waals surface area contributed by atoms with Crippen LogP contribution in [0.2, 0.25) is 0 Å². The molecule has 0 radical (unpaired) electrons. The summed E-state index contributed by atoms with van der Waals surface area (Å²) in [4.78, 5) is 42.8. The molecule has 0 saturated carbocycles. The van der Waals surface area contributed by atoms with Crippen molar-refractivity contribution in [2.24, 2.45) is 0 Å². The van der Waals surface area contributed by atoms with Gasteiger partial charge in [0.2, 0.25) is 11.6 Å². The number of hydrogen-bond acceptors (Lipinski definition) is 3. The molecular weight excluding hydrogens is 366 g/mol. The number of carbonyl (C=O) groups is 3. The van der Waals surface area contributed by atoms with Gasteiger partial charge in [-0.2, -0.15) is 0 Å². The fourth-order valence-electron chi connectivity index (χ4n) is 4.27. The monoisotopic (exact) mass is 389 g/mol. The number of amides is 3. The lowest BCUT2D eigenvalue weighted by molar-refractivity contribution is -0.128. The fourth-order valence-corrected chi connectivity index (χ4v) is 4.27. The molecule has 6 nitrogen and oxygen atoms in total. The van der Waals surface area contributed by atoms with E-state index in [0.717, 1.165) is 11.1 Å². The lowest BCUT2D eigenvalue weighted by atomic mass is 9.95. The Kier molecular flexibility index (Phi) is 4.49. The maximum absolute atomic E-state index is 13.7. The number of benzene rings is 2. The van der Waals surface area contributed by atoms with Crippen LogP contribution >= 0.6 is 0 Å². The molecule has 0 unspecified atom stereocenters. The van der Waals surface area contributed by atoms with E-state index in [-0.39, 0.29) is 37.1 Å². The van der Waals surface area contributed by atoms with Crippen LogP contribution < -0.4 is 10.2 Å². The van der Waals surface area contributed by atoms with Gasteiger partial charge in [0.25, 0.3) is 11.8 Å². The van der Waals surface area contributed by atoms with E-state index in [1.807, 2.05) is 32.0 Å². The van der Waals surface area contributed by atoms with E-state index in [0.29, 0.717) is 16.9 Å². The second kappa shape index (κ2) is 6.88. The third kappa shape index (κ3) is 2.67. The van der Waals surface area contributed by atoms with Crippen molar-refractivity contribution in [2.45, 2.75) is 32.4 Å². The Bertz CT molecular complexity index is 1050. The van der Waals surface area contributed by atoms with E-state index in [1.165, 1.54) is 9.80 Å². The van der Waals surface area contributed by atoms with Gasteiger partial charge in [0.15, 0.2) is 0 Å². The molecule has 2 aliphatic heterocycles. The summed E-state index contributed by atoms with van der Waals surface area (Å²) < 4.78 is 0. The largest absolute Gasteiger partial charge is 0.322 e. The Hall–Kier alpha value is -3.41. The molecular formula is C23H23N3O3. The van der Waals surface area contributed by atoms with Crippen LogP contribution in [0.4, 0.5) is 11.4 Å². The highest BCUT2D eigenvalue weighted by Crippen LogP contribution is 2.45. The van der Waals surface area contributed by atoms with Crippen molar-refractivity contribution in [3.63, 3.8) is 0 Å². The van der Waals surface area contributed by atoms with Crippen LogP contribution in [-0.4, -0.2) is 34.8 Å². The Morgan fingerprint density at radius 2 is 1.93 bits per heavy atom. The molecule has 4 rings (SSSR count). The van der Waals surface area contributed by atoms with E-state index in [1.54, 1.807) is 30.3 Å². The standard InChI is InChI=1S/C23H23N3O3/c1-4-14-25-21(28)17-9-5-6-11-19(17)26-20(27)12-13-23(25,26)22(29)24-18-10-7-8-15(2)16(18)3/h4-11H,1,12-14H2,2-3H3,(H,24,29)/t23-/m1/s1. The summed E-state index contributed by atoms with van der Waals surface area (Å²) in [6.45, 7) is 7.82. The molecule has 148 valence electrons. The smallest absolute Gasteiger partial charge is 0.271 e. The second-order valence-corrected chi connectivity index (χ2v) is 7.47. The summed E-state index contributed by atoms with van der Waals surface area (Å²) in [6.07, 6.45) is 2.01. The van der Waals surface area contributed by atoms with Gasteiger partial charge < -0.3 is 10.2 Å². The number of rotatable bonds is 4. The lowest BCUT2D eigenvalue weighted by Crippen LogP contribution is -2.69. The number of nitrogens with one attached hydrogen (secondary N) is 1. The van der Waals surface area contributed by atoms with Gasteiger partial charge >= 0.3 is 0 Å². The molecule has 2 heterocycles. The van der Waals surface area contributed by atoms with Gasteiger partial charge in [-0.15, -0.1) is 6.58 Å². The lowest BCUT2D eigenvalue weighted by Gasteiger charge is -2.48. The summed E-state index contributed by atoms with van der Waals surface area (Å²) in [6, 6.07) is 12.6. The van der Waals surface area contributed by atoms with Crippen molar-refractivity contribution in [1.82, 2.24) is 4.90 Å². The first kappa shape index (κ1) is 18.9. The quantitative estimate of drug-likeness (QED) is 0.815. The molecule has 0 aromatic heterocycles. The van der Waals surface area contributed by atoms with Crippen molar-refractivity contribution in [3.8, 4) is 0 Å². The maximum Gasteiger partial charge on any atom is 0.271 e. The van der Waals surface area contributed by atoms with Gasteiger partial charge in [-0.25, -0.2) is 0 Å². The zero-order valence-electron chi connectivity index (χ0n) is 16.6. The molecule has 1 N–H and O–H groups in total. The Morgan fingerprint density at radius 3 is 2.69 bits per heavy atom. The topological polar surface area (TPSA) is 69.7 Å². The van der Waals surface area contributed by atoms with E-state index in [2.05, 4.69) is 11.9 Å². The van der Waals surface area contributed by atoms with Crippen LogP contribution in [0.1, 0.15) is 34.3 Å². The molecule has 2 aliphatic rings. The molecule has 0 aliphatic carbocycles. The van der Waals surface area contributed by atoms with Crippen molar-refractivity contribution < 1.29 is 14.4 Å². The van der Waals surface area contributed by atoms with Crippen LogP contribution in [0.5, 0.6) is 0 Å². The summed E-state index contributed by atoms with van der Waals surface area (Å²) in [7, 11) is 0. The van der Waals surface area contributed by atoms with Gasteiger partial charge in [-0.3, -0.25) is 19.3 Å². The zero-order chi connectivity index (χ0) is 20.8. The van der Waals surface area contributed by atoms with Crippen molar-refractivity contribution in [3.05, 3.63) is 71.8 Å². The minimum Gasteiger partial charge on any atom is -0.322 e. The van der Waals surface area contributed by atoms with E-state index >= 15 is 0 Å². The Labute approximate surface area is 169 Å². The molecule has 0 bridgehead atoms. The molecule has 29 heavy (non-hydrogen) atoms. The fraction of sp³-hybridized carbons (Fsp3) is 0.261. The van der Waals surface area contributed by atoms with Crippen molar-refractivity contribution in [1.29, 1.82) is 0 Å². The first-order valence-corrected chi connectivity index (χ1v) is 9.64. The number of hydrogen-bond donors (Lipinski definition) is 1. The van der Waals surface area contributed by atoms with Crippen LogP contribution in [0.25, 0.3) is 0 Å². The maximum atomic E-state index is 13.7. The number of anilines is 2. The summed E-state index contributed by atoms with van der Waals surface area (Å²) >= 11 is 0. The van der Waals surface area contributed by atoms with Gasteiger partial charge in [0, 0.05) is 25.1 Å². The molecule has 1 saturated heterocycles. The zero-order valence-corrected chi connectivity index (χ0v) is 16.6. The number of nitrogens with zero attached hydrogens (tertiary/aromatic N) is 2. The predicted octanol–water partition coefficient (Wildman–Crippen LogP) is 3.41. The Balaban J connectivity index is 1.86. The van der Waals surface area contributed by atoms with Crippen LogP contribution in [0.3, 0.4) is 0 Å². The summed E-state index contributed by atoms with van der Waals surface area (Å²) in [5, 5.41) is 2.98. The van der Waals surface area contributed by atoms with E-state index < -0.39 is 5.66 Å². The highest BCUT2D eigenvalue weighted by Gasteiger charge is 2.60. The highest BCUT2D eigenvalue weighted by atomic mass is 16.2. The van der Waals surface area contributed by atoms with E-state index in [4.69, 9.17) is 0 Å². The number of fused-ring (bicyclic) bond motifs is 3. The van der Waals surface area contributed by atoms with Gasteiger partial charge in [-0.05, 0) is 43.2 Å². The van der Waals surface area contributed by atoms with Crippen molar-refractivity contribution >= 4 is 29.1 Å². The summed E-state index contributed by atoms with van der Waals surface area (Å²) in [5.41, 5.74) is 2.16. The predicted molar refractivity (Wildman–Crippen MR) is 112 cm³/mol. The highest BCUT2D eigenvalue weighted by molar-refractivity contribution is 6.18. The average Bonchev–Trinajstić information content (AvgIpc) is 3.07. The second-order valence-electron chi connectivity index (χ2n) is 7.47. The summed E-state index contributed by atoms with van der Waals surface area (Å²) in [5.74, 6) is -0.834. The SMILES string of the molecule is C=CCN1C(=O)c2ccccc2N2C(=O)CC[C@@]12C(=O)Nc1cccc(C)c1C. The molecule has 2 aromatic carbocycles. The molecule has 3 amide bonds. The molecule has 1 fully saturated rings. The third-order valence-electron chi connectivity index (χ3n) is 5.90. The van der Waals surface area contributed by atoms with Gasteiger partial charge in [0.05, 0.1) is 11.3 Å². The number of para-hydroxylation sites is 1. The molecule has 6 heteroatoms.